The van der Waals surface area contributed by atoms with Crippen molar-refractivity contribution in [3.8, 4) is 39.6 Å². The van der Waals surface area contributed by atoms with Gasteiger partial charge >= 0.3 is 11.7 Å². The molecule has 0 saturated heterocycles. The van der Waals surface area contributed by atoms with Gasteiger partial charge in [-0.1, -0.05) is 168 Å². The molecule has 3 heterocycles. The Morgan fingerprint density at radius 1 is 0.529 bits per heavy atom. The lowest BCUT2D eigenvalue weighted by Gasteiger charge is -2.26. The first-order chi connectivity index (χ1) is 36.0. The van der Waals surface area contributed by atoms with Gasteiger partial charge in [0.15, 0.2) is 0 Å². The van der Waals surface area contributed by atoms with Crippen molar-refractivity contribution < 1.29 is 14.3 Å². The third-order valence-electron chi connectivity index (χ3n) is 13.5. The highest BCUT2D eigenvalue weighted by atomic mass is 16.5. The Labute approximate surface area is 424 Å². The van der Waals surface area contributed by atoms with Crippen LogP contribution in [0.4, 0.5) is 22.7 Å². The van der Waals surface area contributed by atoms with Gasteiger partial charge in [0.1, 0.15) is 17.3 Å². The van der Waals surface area contributed by atoms with E-state index < -0.39 is 6.85 Å². The molecule has 0 fully saturated rings. The van der Waals surface area contributed by atoms with E-state index >= 15 is 0 Å². The number of aryl methyl sites for hydroxylation is 1. The second-order valence-corrected chi connectivity index (χ2v) is 22.8. The van der Waals surface area contributed by atoms with Gasteiger partial charge in [-0.05, 0) is 120 Å². The molecule has 5 heteroatoms. The molecule has 5 nitrogen and oxygen atoms in total. The minimum atomic E-state index is -2.59. The Morgan fingerprint density at radius 3 is 1.91 bits per heavy atom. The number of benzene rings is 7. The molecule has 1 aliphatic rings. The number of rotatable bonds is 7. The second-order valence-electron chi connectivity index (χ2n) is 22.8. The number of para-hydroxylation sites is 3. The van der Waals surface area contributed by atoms with Gasteiger partial charge in [0.25, 0.3) is 5.69 Å². The van der Waals surface area contributed by atoms with E-state index in [1.165, 1.54) is 11.6 Å². The van der Waals surface area contributed by atoms with Gasteiger partial charge < -0.3 is 4.74 Å². The fourth-order valence-electron chi connectivity index (χ4n) is 9.41. The summed E-state index contributed by atoms with van der Waals surface area (Å²) in [4.78, 5) is 4.90. The van der Waals surface area contributed by atoms with Crippen LogP contribution in [-0.2, 0) is 21.7 Å². The molecule has 9 aromatic rings. The van der Waals surface area contributed by atoms with Crippen LogP contribution in [-0.4, -0.2) is 15.6 Å². The first-order valence-corrected chi connectivity index (χ1v) is 24.2. The lowest BCUT2D eigenvalue weighted by atomic mass is 9.78. The van der Waals surface area contributed by atoms with Crippen LogP contribution in [0.25, 0.3) is 49.9 Å². The van der Waals surface area contributed by atoms with Gasteiger partial charge in [-0.25, -0.2) is 4.98 Å². The van der Waals surface area contributed by atoms with Crippen molar-refractivity contribution in [3.63, 3.8) is 0 Å². The molecule has 0 N–H and O–H groups in total. The zero-order valence-corrected chi connectivity index (χ0v) is 42.5. The highest BCUT2D eigenvalue weighted by Gasteiger charge is 2.41. The lowest BCUT2D eigenvalue weighted by molar-refractivity contribution is 0.479. The Balaban J connectivity index is 1.25. The molecule has 2 aromatic heterocycles. The van der Waals surface area contributed by atoms with E-state index in [1.54, 1.807) is 16.7 Å². The average Bonchev–Trinajstić information content (AvgIpc) is 4.08. The molecule has 1 aliphatic heterocycles. The number of pyridine rings is 1. The van der Waals surface area contributed by atoms with Crippen LogP contribution in [0.15, 0.2) is 164 Å². The summed E-state index contributed by atoms with van der Waals surface area (Å²) in [7, 11) is 0. The standard InChI is InChI=1S/C65H66N4O/c1-42-21-19-28-57-60(42)68(61-52(43-22-15-14-16-23-43)25-20-26-53(61)44-33-46(63(5,6)7)35-47(34-44)64(8,9)10)41-67(57)49-36-48(65(11,12)13)37-51(39-49)70-50-29-30-55-54-24-17-18-27-56(54)69(58(55)40-50)59-38-45(31-32-66-59)62(2,3)4/h14-40H,1-13H3/q+2/i1D3,14D,15D,22D,23D. The maximum atomic E-state index is 9.32. The lowest BCUT2D eigenvalue weighted by Crippen LogP contribution is -2.16. The third kappa shape index (κ3) is 8.58. The fourth-order valence-corrected chi connectivity index (χ4v) is 9.41. The molecule has 350 valence electrons. The van der Waals surface area contributed by atoms with E-state index in [2.05, 4.69) is 160 Å². The van der Waals surface area contributed by atoms with Crippen LogP contribution >= 0.6 is 0 Å². The smallest absolute Gasteiger partial charge is 0.457 e. The predicted molar refractivity (Wildman–Crippen MR) is 296 cm³/mol. The molecule has 7 aromatic carbocycles. The van der Waals surface area contributed by atoms with Crippen molar-refractivity contribution in [1.29, 1.82) is 0 Å². The van der Waals surface area contributed by atoms with Crippen molar-refractivity contribution in [2.24, 2.45) is 0 Å². The summed E-state index contributed by atoms with van der Waals surface area (Å²) in [6.45, 7) is 23.5. The molecule has 0 unspecified atom stereocenters. The molecule has 0 bridgehead atoms. The van der Waals surface area contributed by atoms with Crippen LogP contribution in [0.5, 0.6) is 11.5 Å². The molecule has 0 spiro atoms. The van der Waals surface area contributed by atoms with Crippen molar-refractivity contribution in [2.75, 3.05) is 0 Å². The van der Waals surface area contributed by atoms with Crippen molar-refractivity contribution in [3.05, 3.63) is 192 Å². The number of hydrogen-bond donors (Lipinski definition) is 0. The summed E-state index contributed by atoms with van der Waals surface area (Å²) in [5.74, 6) is 1.98. The molecule has 0 saturated carbocycles. The van der Waals surface area contributed by atoms with Gasteiger partial charge in [0, 0.05) is 44.8 Å². The number of aromatic nitrogens is 2. The van der Waals surface area contributed by atoms with Crippen LogP contribution < -0.4 is 13.9 Å². The van der Waals surface area contributed by atoms with Gasteiger partial charge in [-0.2, -0.15) is 0 Å². The quantitative estimate of drug-likeness (QED) is 0.149. The summed E-state index contributed by atoms with van der Waals surface area (Å²) in [6, 6.07) is 46.4. The van der Waals surface area contributed by atoms with Crippen molar-refractivity contribution in [1.82, 2.24) is 18.7 Å². The Bertz CT molecular complexity index is 3930. The summed E-state index contributed by atoms with van der Waals surface area (Å²) >= 11 is 0. The monoisotopic (exact) mass is 926 g/mol. The molecule has 0 amide bonds. The van der Waals surface area contributed by atoms with Crippen molar-refractivity contribution in [2.45, 2.75) is 112 Å². The van der Waals surface area contributed by atoms with Gasteiger partial charge in [0.2, 0.25) is 11.4 Å². The zero-order valence-electron chi connectivity index (χ0n) is 49.5. The van der Waals surface area contributed by atoms with E-state index in [0.717, 1.165) is 49.9 Å². The number of ether oxygens (including phenoxy) is 1. The SMILES string of the molecule is [2H]c1cc([2H])c(-c2cccc(-c3cc(C(C)(C)C)cc(C(C)(C)C)c3)c2[N+]2=C=[N+](c3cc(Oc4ccc5c6ccccc6n(-c6cc(C(C)(C)C)ccn6)c5c4)cc(C(C)(C)C)c3)c3cccc(C([2H])([2H])[2H])c32)c([2H])c1[2H]. The molecular formula is C65H66N4O+2. The normalized spacial score (nSPS) is 14.8. The summed E-state index contributed by atoms with van der Waals surface area (Å²) < 4.78 is 75.8. The minimum absolute atomic E-state index is 0.0825. The van der Waals surface area contributed by atoms with E-state index in [-0.39, 0.29) is 57.0 Å². The Morgan fingerprint density at radius 2 is 1.20 bits per heavy atom. The van der Waals surface area contributed by atoms with Gasteiger partial charge in [-0.15, -0.1) is 0 Å². The number of nitrogens with zero attached hydrogens (tertiary/aromatic N) is 4. The largest absolute Gasteiger partial charge is 0.503 e. The van der Waals surface area contributed by atoms with Crippen molar-refractivity contribution >= 4 is 50.6 Å². The van der Waals surface area contributed by atoms with E-state index in [4.69, 9.17) is 16.6 Å². The second kappa shape index (κ2) is 17.0. The van der Waals surface area contributed by atoms with Crippen LogP contribution in [0.3, 0.4) is 0 Å². The maximum absolute atomic E-state index is 9.32. The molecule has 0 aliphatic carbocycles. The average molecular weight is 926 g/mol. The number of hydrogen-bond acceptors (Lipinski definition) is 2. The molecule has 0 radical (unpaired) electrons. The maximum Gasteiger partial charge on any atom is 0.503 e. The highest BCUT2D eigenvalue weighted by molar-refractivity contribution is 6.09. The van der Waals surface area contributed by atoms with Crippen LogP contribution in [0.2, 0.25) is 0 Å². The minimum Gasteiger partial charge on any atom is -0.457 e. The van der Waals surface area contributed by atoms with Gasteiger partial charge in [0.05, 0.1) is 33.7 Å². The zero-order chi connectivity index (χ0) is 55.5. The summed E-state index contributed by atoms with van der Waals surface area (Å²) in [6.07, 6.45) is 1.87. The van der Waals surface area contributed by atoms with E-state index in [9.17, 15) is 2.74 Å². The number of fused-ring (bicyclic) bond motifs is 4. The first kappa shape index (κ1) is 38.5. The van der Waals surface area contributed by atoms with E-state index in [1.807, 2.05) is 59.3 Å². The first-order valence-electron chi connectivity index (χ1n) is 27.7. The molecule has 0 atom stereocenters. The molecule has 70 heavy (non-hydrogen) atoms. The highest BCUT2D eigenvalue weighted by Crippen LogP contribution is 2.48. The Kier molecular flexibility index (Phi) is 9.33. The molecular weight excluding hydrogens is 853 g/mol. The fraction of sp³-hybridized carbons (Fsp3) is 0.262. The van der Waals surface area contributed by atoms with Crippen LogP contribution in [0.1, 0.15) is 120 Å². The Hall–Kier alpha value is -7.33. The summed E-state index contributed by atoms with van der Waals surface area (Å²) in [5, 5.41) is 2.16. The topological polar surface area (TPSA) is 33.1 Å². The predicted octanol–water partition coefficient (Wildman–Crippen LogP) is 17.7. The molecule has 10 rings (SSSR count). The van der Waals surface area contributed by atoms with E-state index in [0.29, 0.717) is 45.4 Å². The van der Waals surface area contributed by atoms with Gasteiger partial charge in [-0.3, -0.25) is 4.57 Å². The van der Waals surface area contributed by atoms with Crippen LogP contribution in [0, 0.1) is 6.85 Å². The summed E-state index contributed by atoms with van der Waals surface area (Å²) in [5.41, 5.74) is 9.62. The third-order valence-corrected chi connectivity index (χ3v) is 13.5.